The van der Waals surface area contributed by atoms with Crippen molar-refractivity contribution < 1.29 is 14.4 Å². The number of nitrogens with one attached hydrogen (secondary N) is 1. The molecule has 2 heterocycles. The number of benzene rings is 3. The van der Waals surface area contributed by atoms with Gasteiger partial charge in [0.15, 0.2) is 0 Å². The van der Waals surface area contributed by atoms with Crippen molar-refractivity contribution in [3.63, 3.8) is 0 Å². The Bertz CT molecular complexity index is 1470. The third-order valence-corrected chi connectivity index (χ3v) is 6.03. The van der Waals surface area contributed by atoms with Crippen LogP contribution >= 0.6 is 11.6 Å². The Morgan fingerprint density at radius 2 is 1.62 bits per heavy atom. The van der Waals surface area contributed by atoms with E-state index in [-0.39, 0.29) is 5.57 Å². The number of para-hydroxylation sites is 1. The van der Waals surface area contributed by atoms with E-state index in [2.05, 4.69) is 34.1 Å². The van der Waals surface area contributed by atoms with E-state index in [0.29, 0.717) is 22.8 Å². The molecular weight excluding hydrogens is 450 g/mol. The minimum absolute atomic E-state index is 0.118. The molecule has 168 valence electrons. The Hall–Kier alpha value is -4.16. The van der Waals surface area contributed by atoms with Crippen molar-refractivity contribution in [3.8, 4) is 0 Å². The summed E-state index contributed by atoms with van der Waals surface area (Å²) in [6.07, 6.45) is 3.46. The lowest BCUT2D eigenvalue weighted by Gasteiger charge is -2.26. The number of fused-ring (bicyclic) bond motifs is 1. The van der Waals surface area contributed by atoms with Crippen LogP contribution in [-0.2, 0) is 16.1 Å². The highest BCUT2D eigenvalue weighted by atomic mass is 35.5. The maximum absolute atomic E-state index is 13.2. The van der Waals surface area contributed by atoms with E-state index < -0.39 is 17.8 Å². The molecule has 7 heteroatoms. The third-order valence-electron chi connectivity index (χ3n) is 5.78. The quantitative estimate of drug-likeness (QED) is 0.325. The Balaban J connectivity index is 1.56. The molecule has 1 saturated heterocycles. The lowest BCUT2D eigenvalue weighted by atomic mass is 10.1. The van der Waals surface area contributed by atoms with Gasteiger partial charge in [-0.15, -0.1) is 0 Å². The van der Waals surface area contributed by atoms with Crippen molar-refractivity contribution in [1.82, 2.24) is 9.88 Å². The maximum atomic E-state index is 13.2. The molecule has 6 nitrogen and oxygen atoms in total. The highest BCUT2D eigenvalue weighted by Gasteiger charge is 2.37. The standard InChI is InChI=1S/C27H20ClN3O3/c1-17-6-8-18(9-7-17)15-30-16-19(22-4-2-3-5-24(22)30)14-23-25(32)29-27(34)31(26(23)33)21-12-10-20(28)11-13-21/h2-14,16H,15H2,1H3,(H,29,32,34). The number of anilines is 1. The molecule has 0 radical (unpaired) electrons. The van der Waals surface area contributed by atoms with Crippen molar-refractivity contribution in [3.05, 3.63) is 106 Å². The topological polar surface area (TPSA) is 71.4 Å². The molecule has 1 aliphatic heterocycles. The minimum atomic E-state index is -0.795. The molecule has 34 heavy (non-hydrogen) atoms. The van der Waals surface area contributed by atoms with Gasteiger partial charge in [0, 0.05) is 34.2 Å². The number of rotatable bonds is 4. The number of amides is 4. The van der Waals surface area contributed by atoms with Crippen molar-refractivity contribution >= 4 is 52.1 Å². The maximum Gasteiger partial charge on any atom is 0.335 e. The van der Waals surface area contributed by atoms with E-state index in [4.69, 9.17) is 11.6 Å². The van der Waals surface area contributed by atoms with Crippen LogP contribution in [-0.4, -0.2) is 22.4 Å². The summed E-state index contributed by atoms with van der Waals surface area (Å²) < 4.78 is 2.08. The van der Waals surface area contributed by atoms with Crippen LogP contribution in [0.1, 0.15) is 16.7 Å². The molecule has 1 aliphatic rings. The second kappa shape index (κ2) is 8.65. The molecule has 3 aromatic carbocycles. The summed E-state index contributed by atoms with van der Waals surface area (Å²) in [5.41, 5.74) is 4.22. The number of urea groups is 1. The molecular formula is C27H20ClN3O3. The van der Waals surface area contributed by atoms with Gasteiger partial charge in [-0.3, -0.25) is 14.9 Å². The van der Waals surface area contributed by atoms with Crippen LogP contribution in [0.2, 0.25) is 5.02 Å². The fourth-order valence-corrected chi connectivity index (χ4v) is 4.17. The number of carbonyl (C=O) groups is 3. The number of aromatic nitrogens is 1. The summed E-state index contributed by atoms with van der Waals surface area (Å²) in [7, 11) is 0. The number of hydrogen-bond donors (Lipinski definition) is 1. The van der Waals surface area contributed by atoms with Gasteiger partial charge in [-0.2, -0.15) is 0 Å². The van der Waals surface area contributed by atoms with Gasteiger partial charge in [-0.1, -0.05) is 59.6 Å². The fraction of sp³-hybridized carbons (Fsp3) is 0.0741. The Labute approximate surface area is 201 Å². The molecule has 5 rings (SSSR count). The van der Waals surface area contributed by atoms with E-state index in [1.54, 1.807) is 30.3 Å². The molecule has 4 amide bonds. The monoisotopic (exact) mass is 469 g/mol. The van der Waals surface area contributed by atoms with Gasteiger partial charge < -0.3 is 4.57 Å². The minimum Gasteiger partial charge on any atom is -0.342 e. The largest absolute Gasteiger partial charge is 0.342 e. The first kappa shape index (κ1) is 21.7. The number of imide groups is 2. The van der Waals surface area contributed by atoms with Gasteiger partial charge in [0.25, 0.3) is 11.8 Å². The molecule has 0 spiro atoms. The first-order valence-corrected chi connectivity index (χ1v) is 11.1. The molecule has 1 aromatic heterocycles. The highest BCUT2D eigenvalue weighted by molar-refractivity contribution is 6.39. The Kier molecular flexibility index (Phi) is 5.51. The number of carbonyl (C=O) groups excluding carboxylic acids is 3. The summed E-state index contributed by atoms with van der Waals surface area (Å²) in [5.74, 6) is -1.41. The van der Waals surface area contributed by atoms with E-state index in [1.807, 2.05) is 37.4 Å². The Morgan fingerprint density at radius 3 is 2.35 bits per heavy atom. The SMILES string of the molecule is Cc1ccc(Cn2cc(C=C3C(=O)NC(=O)N(c4ccc(Cl)cc4)C3=O)c3ccccc32)cc1. The van der Waals surface area contributed by atoms with Crippen LogP contribution in [0.5, 0.6) is 0 Å². The number of barbiturate groups is 1. The molecule has 0 atom stereocenters. The first-order valence-electron chi connectivity index (χ1n) is 10.7. The first-order chi connectivity index (χ1) is 16.4. The van der Waals surface area contributed by atoms with Crippen molar-refractivity contribution in [2.24, 2.45) is 0 Å². The summed E-state index contributed by atoms with van der Waals surface area (Å²) >= 11 is 5.93. The summed E-state index contributed by atoms with van der Waals surface area (Å²) in [4.78, 5) is 39.3. The highest BCUT2D eigenvalue weighted by Crippen LogP contribution is 2.27. The van der Waals surface area contributed by atoms with Gasteiger partial charge in [0.05, 0.1) is 5.69 Å². The number of halogens is 1. The normalized spacial score (nSPS) is 15.3. The van der Waals surface area contributed by atoms with E-state index in [0.717, 1.165) is 21.4 Å². The zero-order chi connectivity index (χ0) is 23.8. The predicted octanol–water partition coefficient (Wildman–Crippen LogP) is 5.32. The van der Waals surface area contributed by atoms with Crippen LogP contribution < -0.4 is 10.2 Å². The fourth-order valence-electron chi connectivity index (χ4n) is 4.05. The van der Waals surface area contributed by atoms with Crippen molar-refractivity contribution in [2.45, 2.75) is 13.5 Å². The lowest BCUT2D eigenvalue weighted by Crippen LogP contribution is -2.54. The molecule has 4 aromatic rings. The summed E-state index contributed by atoms with van der Waals surface area (Å²) in [6, 6.07) is 21.6. The van der Waals surface area contributed by atoms with Crippen LogP contribution in [0.15, 0.2) is 84.6 Å². The van der Waals surface area contributed by atoms with Crippen molar-refractivity contribution in [2.75, 3.05) is 4.90 Å². The Morgan fingerprint density at radius 1 is 0.912 bits per heavy atom. The average Bonchev–Trinajstić information content (AvgIpc) is 3.16. The third kappa shape index (κ3) is 4.00. The van der Waals surface area contributed by atoms with Crippen LogP contribution in [0.25, 0.3) is 17.0 Å². The van der Waals surface area contributed by atoms with Gasteiger partial charge in [0.2, 0.25) is 0 Å². The predicted molar refractivity (Wildman–Crippen MR) is 133 cm³/mol. The van der Waals surface area contributed by atoms with E-state index >= 15 is 0 Å². The molecule has 0 unspecified atom stereocenters. The average molecular weight is 470 g/mol. The smallest absolute Gasteiger partial charge is 0.335 e. The molecule has 0 bridgehead atoms. The van der Waals surface area contributed by atoms with Gasteiger partial charge in [-0.25, -0.2) is 9.69 Å². The summed E-state index contributed by atoms with van der Waals surface area (Å²) in [6.45, 7) is 2.68. The van der Waals surface area contributed by atoms with Crippen LogP contribution in [0.4, 0.5) is 10.5 Å². The van der Waals surface area contributed by atoms with E-state index in [9.17, 15) is 14.4 Å². The molecule has 0 saturated carbocycles. The second-order valence-corrected chi connectivity index (χ2v) is 8.59. The van der Waals surface area contributed by atoms with Crippen LogP contribution in [0, 0.1) is 6.92 Å². The van der Waals surface area contributed by atoms with Crippen molar-refractivity contribution in [1.29, 1.82) is 0 Å². The molecule has 1 fully saturated rings. The zero-order valence-electron chi connectivity index (χ0n) is 18.3. The second-order valence-electron chi connectivity index (χ2n) is 8.15. The van der Waals surface area contributed by atoms with E-state index in [1.165, 1.54) is 5.56 Å². The number of nitrogens with zero attached hydrogens (tertiary/aromatic N) is 2. The van der Waals surface area contributed by atoms with Gasteiger partial charge in [0.1, 0.15) is 5.57 Å². The van der Waals surface area contributed by atoms with Crippen LogP contribution in [0.3, 0.4) is 0 Å². The number of hydrogen-bond acceptors (Lipinski definition) is 3. The van der Waals surface area contributed by atoms with Gasteiger partial charge in [-0.05, 0) is 48.9 Å². The van der Waals surface area contributed by atoms with Gasteiger partial charge >= 0.3 is 6.03 Å². The molecule has 0 aliphatic carbocycles. The summed E-state index contributed by atoms with van der Waals surface area (Å²) in [5, 5.41) is 3.64. The lowest BCUT2D eigenvalue weighted by molar-refractivity contribution is -0.122. The number of aryl methyl sites for hydroxylation is 1. The molecule has 1 N–H and O–H groups in total. The zero-order valence-corrected chi connectivity index (χ0v) is 19.0.